The van der Waals surface area contributed by atoms with Crippen molar-refractivity contribution in [1.29, 1.82) is 0 Å². The summed E-state index contributed by atoms with van der Waals surface area (Å²) in [5.41, 5.74) is 5.67. The smallest absolute Gasteiger partial charge is 0.341 e. The summed E-state index contributed by atoms with van der Waals surface area (Å²) in [4.78, 5) is 18.3. The van der Waals surface area contributed by atoms with Crippen LogP contribution in [0.15, 0.2) is 109 Å². The van der Waals surface area contributed by atoms with Gasteiger partial charge in [0.15, 0.2) is 5.60 Å². The number of fused-ring (bicyclic) bond motifs is 1. The highest BCUT2D eigenvalue weighted by Gasteiger charge is 2.48. The minimum Gasteiger partial charge on any atom is -0.491 e. The van der Waals surface area contributed by atoms with Crippen molar-refractivity contribution in [1.82, 2.24) is 0 Å². The Balaban J connectivity index is 1.69. The lowest BCUT2D eigenvalue weighted by molar-refractivity contribution is 0.0300. The van der Waals surface area contributed by atoms with Crippen molar-refractivity contribution in [2.45, 2.75) is 58.3 Å². The summed E-state index contributed by atoms with van der Waals surface area (Å²) in [6.45, 7) is 8.25. The first-order valence-electron chi connectivity index (χ1n) is 19.3. The zero-order valence-corrected chi connectivity index (χ0v) is 37.0. The maximum Gasteiger partial charge on any atom is 0.341 e. The van der Waals surface area contributed by atoms with E-state index in [-0.39, 0.29) is 43.4 Å². The Hall–Kier alpha value is -4.59. The van der Waals surface area contributed by atoms with Crippen LogP contribution in [0.1, 0.15) is 78.7 Å². The van der Waals surface area contributed by atoms with Crippen LogP contribution in [0.5, 0.6) is 11.5 Å². The summed E-state index contributed by atoms with van der Waals surface area (Å²) >= 11 is 27.5. The number of cyclic esters (lactones) is 1. The van der Waals surface area contributed by atoms with E-state index in [1.165, 1.54) is 0 Å². The molecule has 58 heavy (non-hydrogen) atoms. The molecule has 0 aromatic heterocycles. The van der Waals surface area contributed by atoms with Gasteiger partial charge in [0.25, 0.3) is 0 Å². The van der Waals surface area contributed by atoms with Crippen LogP contribution in [0, 0.1) is 0 Å². The lowest BCUT2D eigenvalue weighted by Crippen LogP contribution is -2.23. The molecule has 5 aromatic rings. The van der Waals surface area contributed by atoms with Gasteiger partial charge in [0.2, 0.25) is 0 Å². The van der Waals surface area contributed by atoms with Crippen LogP contribution < -0.4 is 19.3 Å². The van der Waals surface area contributed by atoms with Gasteiger partial charge in [-0.3, -0.25) is 0 Å². The van der Waals surface area contributed by atoms with Gasteiger partial charge in [0, 0.05) is 45.1 Å². The summed E-state index contributed by atoms with van der Waals surface area (Å²) in [7, 11) is 7.97. The van der Waals surface area contributed by atoms with Crippen LogP contribution in [0.3, 0.4) is 0 Å². The summed E-state index contributed by atoms with van der Waals surface area (Å²) in [5, 5.41) is 0.0132. The number of hydrogen-bond donors (Lipinski definition) is 0. The molecule has 1 heterocycles. The molecule has 0 fully saturated rings. The maximum atomic E-state index is 14.2. The average molecular weight is 859 g/mol. The van der Waals surface area contributed by atoms with E-state index in [0.717, 1.165) is 69.1 Å². The lowest BCUT2D eigenvalue weighted by Gasteiger charge is -2.27. The molecule has 0 radical (unpaired) electrons. The minimum absolute atomic E-state index is 0.0171. The Morgan fingerprint density at radius 2 is 0.931 bits per heavy atom. The van der Waals surface area contributed by atoms with Crippen LogP contribution in [0.2, 0.25) is 20.1 Å². The number of nitrogens with zero attached hydrogens (tertiary/aromatic N) is 2. The summed E-state index contributed by atoms with van der Waals surface area (Å²) < 4.78 is 18.9. The Morgan fingerprint density at radius 1 is 0.586 bits per heavy atom. The molecule has 10 heteroatoms. The fraction of sp³-hybridized carbons (Fsp3) is 0.271. The van der Waals surface area contributed by atoms with Crippen molar-refractivity contribution in [3.63, 3.8) is 0 Å². The first-order valence-corrected chi connectivity index (χ1v) is 20.8. The fourth-order valence-electron chi connectivity index (χ4n) is 6.72. The van der Waals surface area contributed by atoms with Gasteiger partial charge in [-0.15, -0.1) is 0 Å². The summed E-state index contributed by atoms with van der Waals surface area (Å²) in [5.74, 6) is 0.799. The number of rotatable bonds is 14. The predicted octanol–water partition coefficient (Wildman–Crippen LogP) is 13.4. The predicted molar refractivity (Wildman–Crippen MR) is 243 cm³/mol. The highest BCUT2D eigenvalue weighted by Crippen LogP contribution is 2.53. The van der Waals surface area contributed by atoms with Crippen LogP contribution in [0.4, 0.5) is 11.4 Å². The van der Waals surface area contributed by atoms with E-state index in [1.807, 2.05) is 161 Å². The molecule has 0 bridgehead atoms. The standard InChI is InChI=1S/C48H48Cl4N2O4/c1-9-29(3)56-37-23-15-33(16-24-37)39(31-11-19-35(20-12-31)53(5)6)27-48(42-41(47(55)58-48)43(49)45(51)46(52)44(42)50)28-40(32-13-21-36(22-14-32)54(7)8)34-17-25-38(26-18-34)57-30(4)10-2/h11-30H,9-10H2,1-8H3. The third-order valence-corrected chi connectivity index (χ3v) is 12.2. The van der Waals surface area contributed by atoms with Crippen molar-refractivity contribution in [3.8, 4) is 11.5 Å². The average Bonchev–Trinajstić information content (AvgIpc) is 3.52. The van der Waals surface area contributed by atoms with E-state index in [0.29, 0.717) is 0 Å². The molecule has 0 saturated heterocycles. The molecule has 6 rings (SSSR count). The minimum atomic E-state index is -1.65. The topological polar surface area (TPSA) is 51.2 Å². The molecule has 2 atom stereocenters. The zero-order chi connectivity index (χ0) is 41.9. The highest BCUT2D eigenvalue weighted by molar-refractivity contribution is 6.53. The number of hydrogen-bond acceptors (Lipinski definition) is 6. The number of carbonyl (C=O) groups is 1. The fourth-order valence-corrected chi connectivity index (χ4v) is 7.80. The van der Waals surface area contributed by atoms with Gasteiger partial charge in [0.05, 0.1) is 37.9 Å². The number of benzene rings is 5. The number of halogens is 4. The molecule has 0 N–H and O–H groups in total. The van der Waals surface area contributed by atoms with Crippen molar-refractivity contribution in [2.75, 3.05) is 38.0 Å². The van der Waals surface area contributed by atoms with Gasteiger partial charge in [-0.2, -0.15) is 0 Å². The van der Waals surface area contributed by atoms with Crippen LogP contribution in [-0.4, -0.2) is 46.4 Å². The largest absolute Gasteiger partial charge is 0.491 e. The molecule has 6 nitrogen and oxygen atoms in total. The SMILES string of the molecule is CCC(C)Oc1ccc(C(=CC2(C=C(c3ccc(OC(C)CC)cc3)c3ccc(N(C)C)cc3)OC(=O)c3c(Cl)c(Cl)c(Cl)c(Cl)c32)c2ccc(N(C)C)cc2)cc1. The second-order valence-electron chi connectivity index (χ2n) is 14.9. The highest BCUT2D eigenvalue weighted by atomic mass is 35.5. The number of carbonyl (C=O) groups excluding carboxylic acids is 1. The number of anilines is 2. The third-order valence-electron chi connectivity index (χ3n) is 10.4. The summed E-state index contributed by atoms with van der Waals surface area (Å²) in [6.07, 6.45) is 5.68. The zero-order valence-electron chi connectivity index (χ0n) is 34.0. The van der Waals surface area contributed by atoms with Gasteiger partial charge >= 0.3 is 5.97 Å². The monoisotopic (exact) mass is 856 g/mol. The molecular weight excluding hydrogens is 810 g/mol. The van der Waals surface area contributed by atoms with Crippen LogP contribution >= 0.6 is 46.4 Å². The van der Waals surface area contributed by atoms with Crippen molar-refractivity contribution in [2.24, 2.45) is 0 Å². The Kier molecular flexibility index (Phi) is 13.4. The molecule has 0 aliphatic carbocycles. The van der Waals surface area contributed by atoms with Crippen molar-refractivity contribution < 1.29 is 19.0 Å². The van der Waals surface area contributed by atoms with Gasteiger partial charge in [-0.05, 0) is 121 Å². The van der Waals surface area contributed by atoms with E-state index in [4.69, 9.17) is 60.6 Å². The van der Waals surface area contributed by atoms with Gasteiger partial charge in [-0.25, -0.2) is 4.79 Å². The van der Waals surface area contributed by atoms with Crippen molar-refractivity contribution in [3.05, 3.63) is 163 Å². The van der Waals surface area contributed by atoms with E-state index in [2.05, 4.69) is 13.8 Å². The Morgan fingerprint density at radius 3 is 1.28 bits per heavy atom. The van der Waals surface area contributed by atoms with Crippen molar-refractivity contribution >= 4 is 74.9 Å². The van der Waals surface area contributed by atoms with E-state index >= 15 is 0 Å². The molecule has 1 aliphatic heterocycles. The van der Waals surface area contributed by atoms with Gasteiger partial charge in [-0.1, -0.05) is 109 Å². The van der Waals surface area contributed by atoms with Gasteiger partial charge in [0.1, 0.15) is 11.5 Å². The third kappa shape index (κ3) is 9.01. The lowest BCUT2D eigenvalue weighted by atomic mass is 9.83. The molecule has 5 aromatic carbocycles. The number of esters is 1. The summed E-state index contributed by atoms with van der Waals surface area (Å²) in [6, 6.07) is 32.1. The van der Waals surface area contributed by atoms with Gasteiger partial charge < -0.3 is 24.0 Å². The Bertz CT molecular complexity index is 2200. The molecule has 1 aliphatic rings. The number of ether oxygens (including phenoxy) is 3. The first kappa shape index (κ1) is 43.0. The van der Waals surface area contributed by atoms with E-state index in [1.54, 1.807) is 0 Å². The van der Waals surface area contributed by atoms with Crippen LogP contribution in [0.25, 0.3) is 11.1 Å². The van der Waals surface area contributed by atoms with E-state index in [9.17, 15) is 4.79 Å². The molecule has 302 valence electrons. The van der Waals surface area contributed by atoms with E-state index < -0.39 is 11.6 Å². The molecule has 0 amide bonds. The Labute approximate surface area is 362 Å². The first-order chi connectivity index (χ1) is 27.7. The molecule has 2 unspecified atom stereocenters. The maximum absolute atomic E-state index is 14.2. The molecule has 0 spiro atoms. The second-order valence-corrected chi connectivity index (χ2v) is 16.4. The molecule has 0 saturated carbocycles. The quantitative estimate of drug-likeness (QED) is 0.0630. The molecular formula is C48H48Cl4N2O4. The normalized spacial score (nSPS) is 16.4. The second kappa shape index (κ2) is 18.1. The van der Waals surface area contributed by atoms with Crippen LogP contribution in [-0.2, 0) is 10.3 Å².